The lowest BCUT2D eigenvalue weighted by Gasteiger charge is -2.06. The topological polar surface area (TPSA) is 79.3 Å². The van der Waals surface area contributed by atoms with Crippen LogP contribution in [-0.2, 0) is 0 Å². The molecule has 2 N–H and O–H groups in total. The molecular weight excluding hydrogens is 339 g/mol. The zero-order valence-electron chi connectivity index (χ0n) is 9.18. The van der Waals surface area contributed by atoms with Crippen molar-refractivity contribution in [3.63, 3.8) is 0 Å². The molecule has 1 amide bonds. The Morgan fingerprint density at radius 2 is 2.16 bits per heavy atom. The second-order valence-corrected chi connectivity index (χ2v) is 5.11. The Hall–Kier alpha value is -1.80. The third kappa shape index (κ3) is 2.96. The van der Waals surface area contributed by atoms with E-state index in [0.717, 1.165) is 11.3 Å². The Balaban J connectivity index is 2.23. The fraction of sp³-hybridized carbons (Fsp3) is 0. The Morgan fingerprint density at radius 1 is 1.42 bits per heavy atom. The molecule has 0 atom stereocenters. The molecular formula is C11H6BrFN2O3S. The van der Waals surface area contributed by atoms with Crippen molar-refractivity contribution in [1.29, 1.82) is 0 Å². The van der Waals surface area contributed by atoms with Crippen molar-refractivity contribution in [2.45, 2.75) is 0 Å². The minimum absolute atomic E-state index is 0.0143. The van der Waals surface area contributed by atoms with E-state index in [2.05, 4.69) is 26.2 Å². The third-order valence-corrected chi connectivity index (χ3v) is 3.62. The van der Waals surface area contributed by atoms with Crippen molar-refractivity contribution in [3.8, 4) is 0 Å². The van der Waals surface area contributed by atoms with Crippen LogP contribution in [0, 0.1) is 5.82 Å². The van der Waals surface area contributed by atoms with Crippen LogP contribution in [0.2, 0.25) is 0 Å². The molecule has 0 aliphatic carbocycles. The number of aromatic nitrogens is 1. The first-order valence-corrected chi connectivity index (χ1v) is 6.60. The Morgan fingerprint density at radius 3 is 2.74 bits per heavy atom. The molecule has 0 bridgehead atoms. The second-order valence-electron chi connectivity index (χ2n) is 3.39. The monoisotopic (exact) mass is 344 g/mol. The minimum Gasteiger partial charge on any atom is -0.476 e. The molecule has 1 heterocycles. The number of benzene rings is 1. The average Bonchev–Trinajstić information content (AvgIpc) is 2.83. The van der Waals surface area contributed by atoms with Crippen molar-refractivity contribution >= 4 is 44.8 Å². The van der Waals surface area contributed by atoms with Crippen molar-refractivity contribution in [1.82, 2.24) is 4.98 Å². The Kier molecular flexibility index (Phi) is 3.91. The number of para-hydroxylation sites is 1. The van der Waals surface area contributed by atoms with Crippen molar-refractivity contribution in [3.05, 3.63) is 44.6 Å². The largest absolute Gasteiger partial charge is 0.476 e. The minimum atomic E-state index is -1.22. The van der Waals surface area contributed by atoms with Gasteiger partial charge in [0.25, 0.3) is 5.91 Å². The van der Waals surface area contributed by atoms with E-state index in [1.165, 1.54) is 17.5 Å². The number of hydrogen-bond donors (Lipinski definition) is 2. The van der Waals surface area contributed by atoms with Gasteiger partial charge < -0.3 is 10.4 Å². The number of carboxylic acids is 1. The van der Waals surface area contributed by atoms with Gasteiger partial charge >= 0.3 is 5.97 Å². The lowest BCUT2D eigenvalue weighted by Crippen LogP contribution is -2.13. The molecule has 0 radical (unpaired) electrons. The molecule has 0 aliphatic heterocycles. The van der Waals surface area contributed by atoms with Crippen LogP contribution in [0.4, 0.5) is 10.1 Å². The maximum absolute atomic E-state index is 13.5. The summed E-state index contributed by atoms with van der Waals surface area (Å²) in [6.07, 6.45) is 0. The van der Waals surface area contributed by atoms with Crippen LogP contribution in [0.5, 0.6) is 0 Å². The zero-order valence-corrected chi connectivity index (χ0v) is 11.6. The highest BCUT2D eigenvalue weighted by atomic mass is 79.9. The summed E-state index contributed by atoms with van der Waals surface area (Å²) in [5, 5.41) is 12.2. The van der Waals surface area contributed by atoms with Crippen LogP contribution in [0.15, 0.2) is 28.1 Å². The SMILES string of the molecule is O=C(O)c1csc(C(=O)Nc2c(F)cccc2Br)n1. The smallest absolute Gasteiger partial charge is 0.355 e. The predicted octanol–water partition coefficient (Wildman–Crippen LogP) is 3.00. The maximum Gasteiger partial charge on any atom is 0.355 e. The Labute approximate surface area is 119 Å². The highest BCUT2D eigenvalue weighted by molar-refractivity contribution is 9.10. The quantitative estimate of drug-likeness (QED) is 0.896. The first-order chi connectivity index (χ1) is 8.99. The number of nitrogens with one attached hydrogen (secondary N) is 1. The van der Waals surface area contributed by atoms with E-state index in [1.807, 2.05) is 0 Å². The van der Waals surface area contributed by atoms with E-state index in [9.17, 15) is 14.0 Å². The molecule has 0 saturated heterocycles. The molecule has 2 aromatic rings. The van der Waals surface area contributed by atoms with Gasteiger partial charge in [0.15, 0.2) is 10.7 Å². The summed E-state index contributed by atoms with van der Waals surface area (Å²) >= 11 is 3.99. The lowest BCUT2D eigenvalue weighted by molar-refractivity contribution is 0.0691. The van der Waals surface area contributed by atoms with Crippen LogP contribution < -0.4 is 5.32 Å². The fourth-order valence-electron chi connectivity index (χ4n) is 1.26. The number of carboxylic acid groups (broad SMARTS) is 1. The number of hydrogen-bond acceptors (Lipinski definition) is 4. The molecule has 8 heteroatoms. The number of halogens is 2. The molecule has 1 aromatic carbocycles. The van der Waals surface area contributed by atoms with Crippen LogP contribution in [0.25, 0.3) is 0 Å². The average molecular weight is 345 g/mol. The van der Waals surface area contributed by atoms with Crippen LogP contribution in [-0.4, -0.2) is 22.0 Å². The number of carbonyl (C=O) groups excluding carboxylic acids is 1. The summed E-state index contributed by atoms with van der Waals surface area (Å²) in [5.41, 5.74) is -0.234. The van der Waals surface area contributed by atoms with Gasteiger partial charge in [0.1, 0.15) is 5.82 Å². The molecule has 0 aliphatic rings. The molecule has 1 aromatic heterocycles. The number of rotatable bonds is 3. The Bertz CT molecular complexity index is 639. The number of thiazole rings is 1. The van der Waals surface area contributed by atoms with Gasteiger partial charge in [-0.25, -0.2) is 14.2 Å². The number of amides is 1. The molecule has 0 fully saturated rings. The second kappa shape index (κ2) is 5.45. The van der Waals surface area contributed by atoms with Gasteiger partial charge in [-0.2, -0.15) is 0 Å². The fourth-order valence-corrected chi connectivity index (χ4v) is 2.39. The lowest BCUT2D eigenvalue weighted by atomic mass is 10.3. The molecule has 5 nitrogen and oxygen atoms in total. The number of anilines is 1. The third-order valence-electron chi connectivity index (χ3n) is 2.12. The summed E-state index contributed by atoms with van der Waals surface area (Å²) in [6.45, 7) is 0. The predicted molar refractivity (Wildman–Crippen MR) is 71.1 cm³/mol. The first kappa shape index (κ1) is 13.6. The summed E-state index contributed by atoms with van der Waals surface area (Å²) < 4.78 is 13.9. The highest BCUT2D eigenvalue weighted by Gasteiger charge is 2.17. The van der Waals surface area contributed by atoms with Gasteiger partial charge in [0.05, 0.1) is 5.69 Å². The standard InChI is InChI=1S/C11H6BrFN2O3S/c12-5-2-1-3-6(13)8(5)15-9(16)10-14-7(4-19-10)11(17)18/h1-4H,(H,15,16)(H,17,18). The van der Waals surface area contributed by atoms with E-state index in [4.69, 9.17) is 5.11 Å². The normalized spacial score (nSPS) is 10.2. The van der Waals surface area contributed by atoms with Crippen LogP contribution in [0.1, 0.15) is 20.3 Å². The first-order valence-electron chi connectivity index (χ1n) is 4.93. The van der Waals surface area contributed by atoms with E-state index in [0.29, 0.717) is 4.47 Å². The number of aromatic carboxylic acids is 1. The number of carbonyl (C=O) groups is 2. The summed E-state index contributed by atoms with van der Waals surface area (Å²) in [6, 6.07) is 4.26. The summed E-state index contributed by atoms with van der Waals surface area (Å²) in [7, 11) is 0. The molecule has 0 saturated carbocycles. The summed E-state index contributed by atoms with van der Waals surface area (Å²) in [4.78, 5) is 26.1. The van der Waals surface area contributed by atoms with Gasteiger partial charge in [-0.05, 0) is 28.1 Å². The van der Waals surface area contributed by atoms with E-state index in [-0.39, 0.29) is 16.4 Å². The molecule has 0 unspecified atom stereocenters. The van der Waals surface area contributed by atoms with Crippen LogP contribution in [0.3, 0.4) is 0 Å². The van der Waals surface area contributed by atoms with Crippen molar-refractivity contribution < 1.29 is 19.1 Å². The molecule has 19 heavy (non-hydrogen) atoms. The van der Waals surface area contributed by atoms with Gasteiger partial charge in [0, 0.05) is 9.85 Å². The molecule has 0 spiro atoms. The van der Waals surface area contributed by atoms with E-state index >= 15 is 0 Å². The molecule has 2 rings (SSSR count). The summed E-state index contributed by atoms with van der Waals surface area (Å²) in [5.74, 6) is -2.48. The van der Waals surface area contributed by atoms with Gasteiger partial charge in [-0.1, -0.05) is 6.07 Å². The van der Waals surface area contributed by atoms with Crippen molar-refractivity contribution in [2.24, 2.45) is 0 Å². The molecule has 98 valence electrons. The van der Waals surface area contributed by atoms with Gasteiger partial charge in [-0.15, -0.1) is 11.3 Å². The van der Waals surface area contributed by atoms with E-state index in [1.54, 1.807) is 6.07 Å². The van der Waals surface area contributed by atoms with E-state index < -0.39 is 17.7 Å². The zero-order chi connectivity index (χ0) is 14.0. The van der Waals surface area contributed by atoms with Crippen LogP contribution >= 0.6 is 27.3 Å². The maximum atomic E-state index is 13.5. The van der Waals surface area contributed by atoms with Crippen molar-refractivity contribution in [2.75, 3.05) is 5.32 Å². The van der Waals surface area contributed by atoms with Gasteiger partial charge in [0.2, 0.25) is 0 Å². The highest BCUT2D eigenvalue weighted by Crippen LogP contribution is 2.26. The van der Waals surface area contributed by atoms with Gasteiger partial charge in [-0.3, -0.25) is 4.79 Å². The number of nitrogens with zero attached hydrogens (tertiary/aromatic N) is 1.